The van der Waals surface area contributed by atoms with Crippen LogP contribution in [-0.4, -0.2) is 52.4 Å². The second-order valence-electron chi connectivity index (χ2n) is 6.91. The van der Waals surface area contributed by atoms with E-state index in [1.807, 2.05) is 4.90 Å². The maximum absolute atomic E-state index is 14.4. The van der Waals surface area contributed by atoms with E-state index in [4.69, 9.17) is 0 Å². The van der Waals surface area contributed by atoms with Crippen LogP contribution in [0.1, 0.15) is 11.6 Å². The molecule has 1 aliphatic heterocycles. The van der Waals surface area contributed by atoms with Crippen molar-refractivity contribution < 1.29 is 35.1 Å². The van der Waals surface area contributed by atoms with Gasteiger partial charge in [0.15, 0.2) is 0 Å². The molecule has 6 nitrogen and oxygen atoms in total. The zero-order valence-electron chi connectivity index (χ0n) is 16.1. The van der Waals surface area contributed by atoms with Gasteiger partial charge in [0.25, 0.3) is 0 Å². The summed E-state index contributed by atoms with van der Waals surface area (Å²) in [4.78, 5) is 1.60. The lowest BCUT2D eigenvalue weighted by molar-refractivity contribution is -0.274. The van der Waals surface area contributed by atoms with E-state index in [0.29, 0.717) is 32.2 Å². The van der Waals surface area contributed by atoms with Crippen molar-refractivity contribution in [2.24, 2.45) is 0 Å². The van der Waals surface area contributed by atoms with Crippen LogP contribution in [0.5, 0.6) is 5.75 Å². The van der Waals surface area contributed by atoms with Crippen molar-refractivity contribution in [2.45, 2.75) is 17.3 Å². The first-order valence-corrected chi connectivity index (χ1v) is 10.8. The van der Waals surface area contributed by atoms with E-state index in [-0.39, 0.29) is 17.0 Å². The first-order valence-electron chi connectivity index (χ1n) is 9.30. The van der Waals surface area contributed by atoms with Gasteiger partial charge < -0.3 is 10.1 Å². The van der Waals surface area contributed by atoms with Crippen LogP contribution in [0.2, 0.25) is 0 Å². The number of halogens is 5. The van der Waals surface area contributed by atoms with Gasteiger partial charge >= 0.3 is 6.36 Å². The van der Waals surface area contributed by atoms with Gasteiger partial charge in [-0.1, -0.05) is 6.07 Å². The Morgan fingerprint density at radius 3 is 2.29 bits per heavy atom. The summed E-state index contributed by atoms with van der Waals surface area (Å²) in [5, 5.41) is 3.15. The van der Waals surface area contributed by atoms with E-state index in [1.165, 1.54) is 6.07 Å². The number of nitrogens with one attached hydrogen (secondary N) is 2. The maximum atomic E-state index is 14.4. The Hall–Kier alpha value is -2.28. The van der Waals surface area contributed by atoms with Crippen LogP contribution < -0.4 is 14.8 Å². The average molecular weight is 465 g/mol. The molecule has 0 aromatic heterocycles. The van der Waals surface area contributed by atoms with E-state index in [0.717, 1.165) is 30.3 Å². The van der Waals surface area contributed by atoms with Gasteiger partial charge in [-0.05, 0) is 30.3 Å². The summed E-state index contributed by atoms with van der Waals surface area (Å²) in [5.74, 6) is -2.28. The molecule has 0 bridgehead atoms. The topological polar surface area (TPSA) is 70.7 Å². The number of ether oxygens (including phenoxy) is 1. The third-order valence-electron chi connectivity index (χ3n) is 4.65. The highest BCUT2D eigenvalue weighted by Gasteiger charge is 2.31. The predicted octanol–water partition coefficient (Wildman–Crippen LogP) is 2.79. The van der Waals surface area contributed by atoms with Crippen molar-refractivity contribution in [3.63, 3.8) is 0 Å². The lowest BCUT2D eigenvalue weighted by atomic mass is 10.1. The van der Waals surface area contributed by atoms with E-state index in [9.17, 15) is 30.4 Å². The second kappa shape index (κ2) is 9.47. The number of sulfonamides is 1. The Morgan fingerprint density at radius 1 is 1.06 bits per heavy atom. The molecular formula is C19H20F5N3O3S. The van der Waals surface area contributed by atoms with Gasteiger partial charge in [-0.3, -0.25) is 4.90 Å². The van der Waals surface area contributed by atoms with Crippen LogP contribution in [0.15, 0.2) is 47.4 Å². The van der Waals surface area contributed by atoms with Gasteiger partial charge in [0.2, 0.25) is 10.0 Å². The van der Waals surface area contributed by atoms with Crippen molar-refractivity contribution in [3.05, 3.63) is 59.7 Å². The molecular weight excluding hydrogens is 445 g/mol. The second-order valence-corrected chi connectivity index (χ2v) is 8.62. The van der Waals surface area contributed by atoms with Crippen LogP contribution in [0.25, 0.3) is 0 Å². The largest absolute Gasteiger partial charge is 0.573 e. The molecule has 0 spiro atoms. The summed E-state index contributed by atoms with van der Waals surface area (Å²) in [7, 11) is -4.24. The van der Waals surface area contributed by atoms with Gasteiger partial charge in [-0.25, -0.2) is 21.9 Å². The predicted molar refractivity (Wildman–Crippen MR) is 102 cm³/mol. The highest BCUT2D eigenvalue weighted by atomic mass is 32.2. The molecule has 12 heteroatoms. The molecule has 0 amide bonds. The molecule has 1 saturated heterocycles. The van der Waals surface area contributed by atoms with Gasteiger partial charge in [-0.2, -0.15) is 0 Å². The van der Waals surface area contributed by atoms with Crippen molar-refractivity contribution in [3.8, 4) is 5.75 Å². The van der Waals surface area contributed by atoms with E-state index in [1.54, 1.807) is 0 Å². The average Bonchev–Trinajstić information content (AvgIpc) is 2.67. The summed E-state index contributed by atoms with van der Waals surface area (Å²) in [6.07, 6.45) is -4.91. The Labute approximate surface area is 176 Å². The normalized spacial score (nSPS) is 16.8. The minimum Gasteiger partial charge on any atom is -0.406 e. The van der Waals surface area contributed by atoms with Crippen LogP contribution in [0.3, 0.4) is 0 Å². The number of hydrogen-bond donors (Lipinski definition) is 2. The molecule has 1 fully saturated rings. The number of benzene rings is 2. The first-order chi connectivity index (χ1) is 14.5. The van der Waals surface area contributed by atoms with Crippen LogP contribution in [0, 0.1) is 11.6 Å². The monoisotopic (exact) mass is 465 g/mol. The molecule has 0 aliphatic carbocycles. The third-order valence-corrected chi connectivity index (χ3v) is 6.14. The van der Waals surface area contributed by atoms with Crippen LogP contribution >= 0.6 is 0 Å². The van der Waals surface area contributed by atoms with Gasteiger partial charge in [-0.15, -0.1) is 13.2 Å². The highest BCUT2D eigenvalue weighted by Crippen LogP contribution is 2.26. The fourth-order valence-electron chi connectivity index (χ4n) is 3.21. The highest BCUT2D eigenvalue weighted by molar-refractivity contribution is 7.89. The van der Waals surface area contributed by atoms with Crippen molar-refractivity contribution in [1.82, 2.24) is 14.9 Å². The molecule has 1 heterocycles. The van der Waals surface area contributed by atoms with Crippen LogP contribution in [-0.2, 0) is 10.0 Å². The van der Waals surface area contributed by atoms with Crippen molar-refractivity contribution in [1.29, 1.82) is 0 Å². The molecule has 0 unspecified atom stereocenters. The Bertz CT molecular complexity index is 994. The molecule has 170 valence electrons. The van der Waals surface area contributed by atoms with E-state index < -0.39 is 39.8 Å². The molecule has 1 atom stereocenters. The summed E-state index contributed by atoms with van der Waals surface area (Å²) in [5.41, 5.74) is -0.0412. The quantitative estimate of drug-likeness (QED) is 0.616. The third kappa shape index (κ3) is 6.60. The van der Waals surface area contributed by atoms with Crippen molar-refractivity contribution in [2.75, 3.05) is 32.7 Å². The zero-order valence-corrected chi connectivity index (χ0v) is 16.9. The Kier molecular flexibility index (Phi) is 7.14. The van der Waals surface area contributed by atoms with Gasteiger partial charge in [0.05, 0.1) is 10.9 Å². The number of rotatable bonds is 7. The number of alkyl halides is 3. The zero-order chi connectivity index (χ0) is 22.6. The first kappa shape index (κ1) is 23.4. The Balaban J connectivity index is 1.84. The summed E-state index contributed by atoms with van der Waals surface area (Å²) < 4.78 is 96.4. The number of hydrogen-bond acceptors (Lipinski definition) is 5. The Morgan fingerprint density at radius 2 is 1.71 bits per heavy atom. The standard InChI is InChI=1S/C19H20F5N3O3S/c20-13-1-6-16(17(21)11-13)18(12-27-9-7-25-8-10-27)26-31(28,29)15-4-2-14(3-5-15)30-19(22,23)24/h1-6,11,18,25-26H,7-10,12H2/t18-/m1/s1. The molecule has 2 aromatic rings. The lowest BCUT2D eigenvalue weighted by Crippen LogP contribution is -2.47. The minimum absolute atomic E-state index is 0.0412. The van der Waals surface area contributed by atoms with Gasteiger partial charge in [0.1, 0.15) is 17.4 Å². The molecule has 0 radical (unpaired) electrons. The molecule has 1 aliphatic rings. The molecule has 2 N–H and O–H groups in total. The number of nitrogens with zero attached hydrogens (tertiary/aromatic N) is 1. The van der Waals surface area contributed by atoms with Gasteiger partial charge in [0, 0.05) is 44.4 Å². The van der Waals surface area contributed by atoms with E-state index >= 15 is 0 Å². The summed E-state index contributed by atoms with van der Waals surface area (Å²) in [6, 6.07) is 5.45. The molecule has 3 rings (SSSR count). The fourth-order valence-corrected chi connectivity index (χ4v) is 4.42. The smallest absolute Gasteiger partial charge is 0.406 e. The molecule has 0 saturated carbocycles. The maximum Gasteiger partial charge on any atom is 0.573 e. The summed E-state index contributed by atoms with van der Waals surface area (Å²) in [6.45, 7) is 2.67. The minimum atomic E-state index is -4.91. The molecule has 31 heavy (non-hydrogen) atoms. The molecule has 2 aromatic carbocycles. The SMILES string of the molecule is O=S(=O)(N[C@H](CN1CCNCC1)c1ccc(F)cc1F)c1ccc(OC(F)(F)F)cc1. The lowest BCUT2D eigenvalue weighted by Gasteiger charge is -2.31. The van der Waals surface area contributed by atoms with Crippen molar-refractivity contribution >= 4 is 10.0 Å². The fraction of sp³-hybridized carbons (Fsp3) is 0.368. The van der Waals surface area contributed by atoms with E-state index in [2.05, 4.69) is 14.8 Å². The van der Waals surface area contributed by atoms with Crippen LogP contribution in [0.4, 0.5) is 22.0 Å². The summed E-state index contributed by atoms with van der Waals surface area (Å²) >= 11 is 0. The number of piperazine rings is 1.